The molecule has 0 spiro atoms. The first-order valence-electron chi connectivity index (χ1n) is 7.27. The Morgan fingerprint density at radius 1 is 1.38 bits per heavy atom. The maximum absolute atomic E-state index is 11.6. The van der Waals surface area contributed by atoms with E-state index >= 15 is 0 Å². The first kappa shape index (κ1) is 16.3. The Balaban J connectivity index is 2.09. The molecule has 1 aromatic rings. The molecule has 0 radical (unpaired) electrons. The molecule has 1 saturated heterocycles. The van der Waals surface area contributed by atoms with Crippen molar-refractivity contribution in [3.8, 4) is 5.75 Å². The van der Waals surface area contributed by atoms with Crippen LogP contribution < -0.4 is 4.74 Å². The molecule has 1 atom stereocenters. The van der Waals surface area contributed by atoms with Crippen molar-refractivity contribution in [2.75, 3.05) is 20.8 Å². The SMILES string of the molecule is COC(=O)CC1CCCCN1Cc1cc(OC)ccc1Br. The maximum atomic E-state index is 11.6. The van der Waals surface area contributed by atoms with Gasteiger partial charge in [-0.25, -0.2) is 0 Å². The second kappa shape index (κ2) is 7.80. The van der Waals surface area contributed by atoms with Crippen LogP contribution in [0.5, 0.6) is 5.75 Å². The number of hydrogen-bond acceptors (Lipinski definition) is 4. The molecule has 0 amide bonds. The van der Waals surface area contributed by atoms with Crippen molar-refractivity contribution in [2.24, 2.45) is 0 Å². The molecule has 116 valence electrons. The number of hydrogen-bond donors (Lipinski definition) is 0. The summed E-state index contributed by atoms with van der Waals surface area (Å²) in [6, 6.07) is 6.26. The van der Waals surface area contributed by atoms with Gasteiger partial charge in [0.2, 0.25) is 0 Å². The minimum absolute atomic E-state index is 0.128. The van der Waals surface area contributed by atoms with Gasteiger partial charge in [0.1, 0.15) is 5.75 Å². The van der Waals surface area contributed by atoms with Gasteiger partial charge in [-0.15, -0.1) is 0 Å². The third kappa shape index (κ3) is 4.45. The Morgan fingerprint density at radius 3 is 2.90 bits per heavy atom. The van der Waals surface area contributed by atoms with Crippen molar-refractivity contribution in [3.63, 3.8) is 0 Å². The number of ether oxygens (including phenoxy) is 2. The fourth-order valence-corrected chi connectivity index (χ4v) is 3.17. The van der Waals surface area contributed by atoms with Gasteiger partial charge >= 0.3 is 5.97 Å². The molecule has 0 N–H and O–H groups in total. The molecule has 1 unspecified atom stereocenters. The largest absolute Gasteiger partial charge is 0.497 e. The molecular formula is C16H22BrNO3. The molecular weight excluding hydrogens is 334 g/mol. The lowest BCUT2D eigenvalue weighted by Gasteiger charge is -2.35. The minimum Gasteiger partial charge on any atom is -0.497 e. The van der Waals surface area contributed by atoms with Crippen molar-refractivity contribution in [3.05, 3.63) is 28.2 Å². The van der Waals surface area contributed by atoms with E-state index in [9.17, 15) is 4.79 Å². The van der Waals surface area contributed by atoms with E-state index in [0.717, 1.165) is 29.7 Å². The Hall–Kier alpha value is -1.07. The van der Waals surface area contributed by atoms with Crippen LogP contribution in [0.2, 0.25) is 0 Å². The number of halogens is 1. The molecule has 1 aliphatic rings. The highest BCUT2D eigenvalue weighted by Crippen LogP contribution is 2.27. The van der Waals surface area contributed by atoms with Gasteiger partial charge < -0.3 is 9.47 Å². The first-order chi connectivity index (χ1) is 10.1. The highest BCUT2D eigenvalue weighted by molar-refractivity contribution is 9.10. The van der Waals surface area contributed by atoms with Crippen LogP contribution in [0, 0.1) is 0 Å². The molecule has 0 bridgehead atoms. The van der Waals surface area contributed by atoms with E-state index < -0.39 is 0 Å². The number of carbonyl (C=O) groups excluding carboxylic acids is 1. The summed E-state index contributed by atoms with van der Waals surface area (Å²) < 4.78 is 11.2. The number of rotatable bonds is 5. The van der Waals surface area contributed by atoms with E-state index in [0.29, 0.717) is 6.42 Å². The summed E-state index contributed by atoms with van der Waals surface area (Å²) in [5.41, 5.74) is 1.19. The van der Waals surface area contributed by atoms with Gasteiger partial charge in [-0.1, -0.05) is 22.4 Å². The number of benzene rings is 1. The zero-order valence-corrected chi connectivity index (χ0v) is 14.2. The van der Waals surface area contributed by atoms with Crippen LogP contribution in [0.4, 0.5) is 0 Å². The van der Waals surface area contributed by atoms with E-state index in [1.165, 1.54) is 25.5 Å². The van der Waals surface area contributed by atoms with Gasteiger partial charge in [0, 0.05) is 17.1 Å². The predicted molar refractivity (Wildman–Crippen MR) is 85.4 cm³/mol. The molecule has 21 heavy (non-hydrogen) atoms. The van der Waals surface area contributed by atoms with Gasteiger partial charge in [0.25, 0.3) is 0 Å². The van der Waals surface area contributed by atoms with Gasteiger partial charge in [-0.05, 0) is 43.1 Å². The van der Waals surface area contributed by atoms with Crippen LogP contribution in [0.25, 0.3) is 0 Å². The van der Waals surface area contributed by atoms with Crippen molar-refractivity contribution in [2.45, 2.75) is 38.3 Å². The average molecular weight is 356 g/mol. The summed E-state index contributed by atoms with van der Waals surface area (Å²) in [6.45, 7) is 1.84. The Labute approximate surface area is 134 Å². The highest BCUT2D eigenvalue weighted by atomic mass is 79.9. The van der Waals surface area contributed by atoms with Gasteiger partial charge in [-0.3, -0.25) is 9.69 Å². The molecule has 1 aromatic carbocycles. The summed E-state index contributed by atoms with van der Waals surface area (Å²) in [5.74, 6) is 0.728. The van der Waals surface area contributed by atoms with Gasteiger partial charge in [0.05, 0.1) is 20.6 Å². The van der Waals surface area contributed by atoms with E-state index in [2.05, 4.69) is 20.8 Å². The Kier molecular flexibility index (Phi) is 6.06. The van der Waals surface area contributed by atoms with Gasteiger partial charge in [-0.2, -0.15) is 0 Å². The average Bonchev–Trinajstić information content (AvgIpc) is 2.51. The van der Waals surface area contributed by atoms with Crippen molar-refractivity contribution in [1.29, 1.82) is 0 Å². The van der Waals surface area contributed by atoms with Crippen LogP contribution in [0.3, 0.4) is 0 Å². The standard InChI is InChI=1S/C16H22BrNO3/c1-20-14-6-7-15(17)12(9-14)11-18-8-4-3-5-13(18)10-16(19)21-2/h6-7,9,13H,3-5,8,10-11H2,1-2H3. The first-order valence-corrected chi connectivity index (χ1v) is 8.06. The number of piperidine rings is 1. The summed E-state index contributed by atoms with van der Waals surface area (Å²) in [6.07, 6.45) is 3.88. The summed E-state index contributed by atoms with van der Waals surface area (Å²) in [7, 11) is 3.13. The molecule has 1 aliphatic heterocycles. The van der Waals surface area contributed by atoms with Crippen LogP contribution in [-0.2, 0) is 16.1 Å². The van der Waals surface area contributed by atoms with Crippen LogP contribution >= 0.6 is 15.9 Å². The molecule has 5 heteroatoms. The summed E-state index contributed by atoms with van der Waals surface area (Å²) >= 11 is 3.60. The molecule has 1 heterocycles. The lowest BCUT2D eigenvalue weighted by Crippen LogP contribution is -2.40. The molecule has 0 aliphatic carbocycles. The monoisotopic (exact) mass is 355 g/mol. The number of likely N-dealkylation sites (tertiary alicyclic amines) is 1. The Morgan fingerprint density at radius 2 is 2.19 bits per heavy atom. The Bertz CT molecular complexity index is 492. The van der Waals surface area contributed by atoms with Crippen molar-refractivity contribution >= 4 is 21.9 Å². The van der Waals surface area contributed by atoms with E-state index in [1.54, 1.807) is 7.11 Å². The maximum Gasteiger partial charge on any atom is 0.307 e. The fourth-order valence-electron chi connectivity index (χ4n) is 2.79. The van der Waals surface area contributed by atoms with Crippen molar-refractivity contribution < 1.29 is 14.3 Å². The van der Waals surface area contributed by atoms with Crippen molar-refractivity contribution in [1.82, 2.24) is 4.90 Å². The fraction of sp³-hybridized carbons (Fsp3) is 0.562. The number of methoxy groups -OCH3 is 2. The molecule has 4 nitrogen and oxygen atoms in total. The minimum atomic E-state index is -0.128. The molecule has 1 fully saturated rings. The van der Waals surface area contributed by atoms with E-state index in [-0.39, 0.29) is 12.0 Å². The zero-order valence-electron chi connectivity index (χ0n) is 12.6. The van der Waals surface area contributed by atoms with E-state index in [4.69, 9.17) is 9.47 Å². The highest BCUT2D eigenvalue weighted by Gasteiger charge is 2.25. The van der Waals surface area contributed by atoms with Crippen LogP contribution in [0.1, 0.15) is 31.2 Å². The third-order valence-corrected chi connectivity index (χ3v) is 4.78. The number of nitrogens with zero attached hydrogens (tertiary/aromatic N) is 1. The van der Waals surface area contributed by atoms with Crippen LogP contribution in [-0.4, -0.2) is 37.7 Å². The predicted octanol–water partition coefficient (Wildman–Crippen LogP) is 3.38. The molecule has 0 saturated carbocycles. The second-order valence-corrected chi connectivity index (χ2v) is 6.21. The number of esters is 1. The summed E-state index contributed by atoms with van der Waals surface area (Å²) in [5, 5.41) is 0. The number of carbonyl (C=O) groups is 1. The zero-order chi connectivity index (χ0) is 15.2. The van der Waals surface area contributed by atoms with E-state index in [1.807, 2.05) is 18.2 Å². The third-order valence-electron chi connectivity index (χ3n) is 4.01. The normalized spacial score (nSPS) is 19.3. The lowest BCUT2D eigenvalue weighted by molar-refractivity contribution is -0.142. The molecule has 0 aromatic heterocycles. The van der Waals surface area contributed by atoms with Gasteiger partial charge in [0.15, 0.2) is 0 Å². The van der Waals surface area contributed by atoms with Crippen LogP contribution in [0.15, 0.2) is 22.7 Å². The molecule has 2 rings (SSSR count). The smallest absolute Gasteiger partial charge is 0.307 e. The second-order valence-electron chi connectivity index (χ2n) is 5.36. The lowest BCUT2D eigenvalue weighted by atomic mass is 9.98. The summed E-state index contributed by atoms with van der Waals surface area (Å²) in [4.78, 5) is 13.9. The quantitative estimate of drug-likeness (QED) is 0.759. The topological polar surface area (TPSA) is 38.8 Å².